The molecule has 0 saturated carbocycles. The van der Waals surface area contributed by atoms with E-state index in [2.05, 4.69) is 22.0 Å². The summed E-state index contributed by atoms with van der Waals surface area (Å²) in [6.07, 6.45) is 7.48. The minimum Gasteiger partial charge on any atom is -0.494 e. The summed E-state index contributed by atoms with van der Waals surface area (Å²) < 4.78 is 5.50. The van der Waals surface area contributed by atoms with E-state index in [0.29, 0.717) is 6.61 Å². The number of carbonyl (C=O) groups excluding carboxylic acids is 1. The number of hydrogen-bond acceptors (Lipinski definition) is 4. The average Bonchev–Trinajstić information content (AvgIpc) is 2.71. The van der Waals surface area contributed by atoms with Crippen LogP contribution in [0.2, 0.25) is 0 Å². The third kappa shape index (κ3) is 5.45. The minimum absolute atomic E-state index is 0.0880. The van der Waals surface area contributed by atoms with Crippen LogP contribution >= 0.6 is 0 Å². The van der Waals surface area contributed by atoms with Crippen LogP contribution in [0.3, 0.4) is 0 Å². The molecule has 5 nitrogen and oxygen atoms in total. The zero-order valence-electron chi connectivity index (χ0n) is 17.0. The van der Waals surface area contributed by atoms with Crippen LogP contribution in [0.4, 0.5) is 5.69 Å². The van der Waals surface area contributed by atoms with E-state index in [9.17, 15) is 4.79 Å². The molecule has 0 spiro atoms. The number of rotatable bonds is 7. The van der Waals surface area contributed by atoms with Gasteiger partial charge < -0.3 is 10.1 Å². The quantitative estimate of drug-likeness (QED) is 0.791. The molecule has 150 valence electrons. The van der Waals surface area contributed by atoms with Crippen molar-refractivity contribution in [3.63, 3.8) is 0 Å². The Kier molecular flexibility index (Phi) is 7.53. The van der Waals surface area contributed by atoms with Crippen molar-refractivity contribution in [2.75, 3.05) is 38.1 Å². The molecule has 2 aliphatic rings. The molecule has 0 aromatic heterocycles. The van der Waals surface area contributed by atoms with E-state index in [1.807, 2.05) is 31.2 Å². The van der Waals surface area contributed by atoms with E-state index in [0.717, 1.165) is 37.6 Å². The molecular formula is C22H35N3O2. The summed E-state index contributed by atoms with van der Waals surface area (Å²) in [5.74, 6) is 0.962. The third-order valence-corrected chi connectivity index (χ3v) is 5.91. The van der Waals surface area contributed by atoms with Gasteiger partial charge in [-0.2, -0.15) is 0 Å². The van der Waals surface area contributed by atoms with Gasteiger partial charge in [0.05, 0.1) is 6.61 Å². The summed E-state index contributed by atoms with van der Waals surface area (Å²) in [6.45, 7) is 9.14. The normalized spacial score (nSPS) is 21.4. The topological polar surface area (TPSA) is 44.8 Å². The van der Waals surface area contributed by atoms with Gasteiger partial charge in [0.2, 0.25) is 5.91 Å². The molecule has 2 saturated heterocycles. The number of hydrogen-bond donors (Lipinski definition) is 1. The number of anilines is 1. The second kappa shape index (κ2) is 10.1. The predicted molar refractivity (Wildman–Crippen MR) is 110 cm³/mol. The molecule has 3 rings (SSSR count). The first-order valence-corrected chi connectivity index (χ1v) is 10.7. The highest BCUT2D eigenvalue weighted by molar-refractivity contribution is 5.95. The monoisotopic (exact) mass is 373 g/mol. The van der Waals surface area contributed by atoms with E-state index in [4.69, 9.17) is 4.74 Å². The summed E-state index contributed by atoms with van der Waals surface area (Å²) >= 11 is 0. The number of nitrogens with one attached hydrogen (secondary N) is 1. The molecule has 2 aliphatic heterocycles. The van der Waals surface area contributed by atoms with Gasteiger partial charge in [-0.05, 0) is 90.0 Å². The van der Waals surface area contributed by atoms with Crippen molar-refractivity contribution < 1.29 is 9.53 Å². The van der Waals surface area contributed by atoms with Crippen LogP contribution in [-0.4, -0.2) is 60.6 Å². The van der Waals surface area contributed by atoms with Crippen molar-refractivity contribution in [2.24, 2.45) is 0 Å². The van der Waals surface area contributed by atoms with Gasteiger partial charge in [0.25, 0.3) is 0 Å². The lowest BCUT2D eigenvalue weighted by atomic mass is 9.99. The molecular weight excluding hydrogens is 338 g/mol. The van der Waals surface area contributed by atoms with Gasteiger partial charge in [0.15, 0.2) is 0 Å². The number of piperidine rings is 2. The van der Waals surface area contributed by atoms with Crippen molar-refractivity contribution in [2.45, 2.75) is 64.5 Å². The Morgan fingerprint density at radius 1 is 0.963 bits per heavy atom. The lowest BCUT2D eigenvalue weighted by molar-refractivity contribution is -0.124. The molecule has 2 atom stereocenters. The molecule has 1 aromatic rings. The minimum atomic E-state index is -0.0880. The molecule has 0 bridgehead atoms. The lowest BCUT2D eigenvalue weighted by Gasteiger charge is -2.42. The summed E-state index contributed by atoms with van der Waals surface area (Å²) in [5.41, 5.74) is 0.844. The fourth-order valence-electron chi connectivity index (χ4n) is 4.43. The van der Waals surface area contributed by atoms with E-state index in [1.165, 1.54) is 38.5 Å². The van der Waals surface area contributed by atoms with Gasteiger partial charge in [-0.3, -0.25) is 14.6 Å². The van der Waals surface area contributed by atoms with Crippen LogP contribution < -0.4 is 10.1 Å². The van der Waals surface area contributed by atoms with E-state index in [-0.39, 0.29) is 18.0 Å². The number of carbonyl (C=O) groups is 1. The Hall–Kier alpha value is -1.59. The fraction of sp³-hybridized carbons (Fsp3) is 0.682. The largest absolute Gasteiger partial charge is 0.494 e. The van der Waals surface area contributed by atoms with Gasteiger partial charge in [-0.1, -0.05) is 12.8 Å². The van der Waals surface area contributed by atoms with Gasteiger partial charge >= 0.3 is 0 Å². The van der Waals surface area contributed by atoms with E-state index < -0.39 is 0 Å². The molecule has 2 fully saturated rings. The Labute approximate surface area is 164 Å². The summed E-state index contributed by atoms with van der Waals surface area (Å²) in [7, 11) is 0. The zero-order valence-corrected chi connectivity index (χ0v) is 17.0. The Morgan fingerprint density at radius 2 is 1.52 bits per heavy atom. The van der Waals surface area contributed by atoms with Gasteiger partial charge in [0, 0.05) is 11.7 Å². The Morgan fingerprint density at radius 3 is 2.07 bits per heavy atom. The van der Waals surface area contributed by atoms with Gasteiger partial charge in [-0.25, -0.2) is 0 Å². The fourth-order valence-corrected chi connectivity index (χ4v) is 4.43. The maximum atomic E-state index is 13.3. The second-order valence-electron chi connectivity index (χ2n) is 7.83. The van der Waals surface area contributed by atoms with E-state index >= 15 is 0 Å². The average molecular weight is 374 g/mol. The number of likely N-dealkylation sites (tertiary alicyclic amines) is 2. The first-order valence-electron chi connectivity index (χ1n) is 10.7. The zero-order chi connectivity index (χ0) is 19.1. The molecule has 1 N–H and O–H groups in total. The van der Waals surface area contributed by atoms with Crippen molar-refractivity contribution in [1.29, 1.82) is 0 Å². The van der Waals surface area contributed by atoms with Crippen molar-refractivity contribution in [3.05, 3.63) is 24.3 Å². The smallest absolute Gasteiger partial charge is 0.243 e. The van der Waals surface area contributed by atoms with Crippen molar-refractivity contribution in [3.8, 4) is 5.75 Å². The Balaban J connectivity index is 1.71. The summed E-state index contributed by atoms with van der Waals surface area (Å²) in [5, 5.41) is 3.17. The molecule has 2 heterocycles. The number of amides is 1. The first-order chi connectivity index (χ1) is 13.2. The highest BCUT2D eigenvalue weighted by atomic mass is 16.5. The second-order valence-corrected chi connectivity index (χ2v) is 7.83. The molecule has 0 unspecified atom stereocenters. The lowest BCUT2D eigenvalue weighted by Crippen LogP contribution is -2.58. The third-order valence-electron chi connectivity index (χ3n) is 5.91. The Bertz CT molecular complexity index is 578. The molecule has 5 heteroatoms. The maximum Gasteiger partial charge on any atom is 0.243 e. The number of ether oxygens (including phenoxy) is 1. The van der Waals surface area contributed by atoms with Gasteiger partial charge in [-0.15, -0.1) is 0 Å². The van der Waals surface area contributed by atoms with Crippen LogP contribution in [0.5, 0.6) is 5.75 Å². The van der Waals surface area contributed by atoms with Crippen LogP contribution in [0, 0.1) is 0 Å². The van der Waals surface area contributed by atoms with Crippen molar-refractivity contribution >= 4 is 11.6 Å². The number of nitrogens with zero attached hydrogens (tertiary/aromatic N) is 2. The predicted octanol–water partition coefficient (Wildman–Crippen LogP) is 3.75. The van der Waals surface area contributed by atoms with E-state index in [1.54, 1.807) is 0 Å². The molecule has 1 aromatic carbocycles. The highest BCUT2D eigenvalue weighted by Crippen LogP contribution is 2.23. The van der Waals surface area contributed by atoms with Crippen molar-refractivity contribution in [1.82, 2.24) is 9.80 Å². The first kappa shape index (κ1) is 20.2. The highest BCUT2D eigenvalue weighted by Gasteiger charge is 2.35. The van der Waals surface area contributed by atoms with Crippen LogP contribution in [-0.2, 0) is 4.79 Å². The SMILES string of the molecule is CCOc1ccc(NC(=O)[C@@H]([C@H](C)N2CCCCC2)N2CCCCC2)cc1. The molecule has 0 aliphatic carbocycles. The maximum absolute atomic E-state index is 13.3. The molecule has 0 radical (unpaired) electrons. The molecule has 1 amide bonds. The van der Waals surface area contributed by atoms with Crippen LogP contribution in [0.1, 0.15) is 52.4 Å². The van der Waals surface area contributed by atoms with Crippen LogP contribution in [0.25, 0.3) is 0 Å². The van der Waals surface area contributed by atoms with Gasteiger partial charge in [0.1, 0.15) is 11.8 Å². The summed E-state index contributed by atoms with van der Waals surface area (Å²) in [4.78, 5) is 18.2. The standard InChI is InChI=1S/C22H35N3O2/c1-3-27-20-12-10-19(11-13-20)23-22(26)21(25-16-8-5-9-17-25)18(2)24-14-6-4-7-15-24/h10-13,18,21H,3-9,14-17H2,1-2H3,(H,23,26)/t18-,21+/m0/s1. The molecule has 27 heavy (non-hydrogen) atoms. The summed E-state index contributed by atoms with van der Waals surface area (Å²) in [6, 6.07) is 7.86. The number of benzene rings is 1. The van der Waals surface area contributed by atoms with Crippen LogP contribution in [0.15, 0.2) is 24.3 Å².